The molecule has 0 amide bonds. The highest BCUT2D eigenvalue weighted by atomic mass is 19.1. The Morgan fingerprint density at radius 2 is 1.94 bits per heavy atom. The van der Waals surface area contributed by atoms with Crippen molar-refractivity contribution >= 4 is 16.9 Å². The highest BCUT2D eigenvalue weighted by Crippen LogP contribution is 2.29. The first-order chi connectivity index (χ1) is 15.4. The largest absolute Gasteiger partial charge is 0.378 e. The Morgan fingerprint density at radius 1 is 1.12 bits per heavy atom. The summed E-state index contributed by atoms with van der Waals surface area (Å²) in [5.74, 6) is 0.677. The standard InChI is InChI=1S/C24H27FN6O/c1-17-5-4-6-18(13-17)19-7-8-31(28-19)21-14-20(29-9-11-32-12-10-29)22-23(27-21)30(16-26-22)15-24(2,3)25/h4-8,13-14,16H,9-12,15H2,1-3H3. The van der Waals surface area contributed by atoms with Crippen molar-refractivity contribution in [3.63, 3.8) is 0 Å². The van der Waals surface area contributed by atoms with E-state index in [0.717, 1.165) is 35.6 Å². The van der Waals surface area contributed by atoms with E-state index in [-0.39, 0.29) is 6.54 Å². The number of rotatable bonds is 5. The number of ether oxygens (including phenoxy) is 1. The van der Waals surface area contributed by atoms with Crippen molar-refractivity contribution in [2.24, 2.45) is 0 Å². The number of pyridine rings is 1. The van der Waals surface area contributed by atoms with E-state index in [4.69, 9.17) is 14.8 Å². The average Bonchev–Trinajstić information content (AvgIpc) is 3.41. The van der Waals surface area contributed by atoms with Crippen molar-refractivity contribution in [3.8, 4) is 17.1 Å². The van der Waals surface area contributed by atoms with Gasteiger partial charge in [-0.2, -0.15) is 5.10 Å². The molecule has 32 heavy (non-hydrogen) atoms. The van der Waals surface area contributed by atoms with Crippen LogP contribution in [0.15, 0.2) is 48.9 Å². The van der Waals surface area contributed by atoms with Crippen molar-refractivity contribution in [2.75, 3.05) is 31.2 Å². The first-order valence-electron chi connectivity index (χ1n) is 10.9. The van der Waals surface area contributed by atoms with Crippen LogP contribution in [0.1, 0.15) is 19.4 Å². The van der Waals surface area contributed by atoms with E-state index >= 15 is 0 Å². The lowest BCUT2D eigenvalue weighted by atomic mass is 10.1. The minimum Gasteiger partial charge on any atom is -0.378 e. The molecular weight excluding hydrogens is 407 g/mol. The normalized spacial score (nSPS) is 14.9. The van der Waals surface area contributed by atoms with Gasteiger partial charge in [-0.3, -0.25) is 0 Å². The molecule has 166 valence electrons. The van der Waals surface area contributed by atoms with Crippen LogP contribution in [0.3, 0.4) is 0 Å². The van der Waals surface area contributed by atoms with Gasteiger partial charge in [-0.1, -0.05) is 23.8 Å². The maximum Gasteiger partial charge on any atom is 0.164 e. The summed E-state index contributed by atoms with van der Waals surface area (Å²) in [4.78, 5) is 11.7. The number of aromatic nitrogens is 5. The van der Waals surface area contributed by atoms with E-state index in [2.05, 4.69) is 28.9 Å². The second-order valence-electron chi connectivity index (χ2n) is 8.88. The second kappa shape index (κ2) is 8.02. The van der Waals surface area contributed by atoms with Gasteiger partial charge in [-0.25, -0.2) is 19.0 Å². The number of hydrogen-bond acceptors (Lipinski definition) is 5. The van der Waals surface area contributed by atoms with Crippen molar-refractivity contribution in [1.82, 2.24) is 24.3 Å². The molecule has 0 saturated carbocycles. The van der Waals surface area contributed by atoms with Crippen LogP contribution in [0.2, 0.25) is 0 Å². The third-order valence-corrected chi connectivity index (χ3v) is 5.57. The first-order valence-corrected chi connectivity index (χ1v) is 10.9. The van der Waals surface area contributed by atoms with E-state index in [9.17, 15) is 4.39 Å². The third-order valence-electron chi connectivity index (χ3n) is 5.57. The number of hydrogen-bond donors (Lipinski definition) is 0. The van der Waals surface area contributed by atoms with Crippen LogP contribution in [-0.2, 0) is 11.3 Å². The molecule has 0 spiro atoms. The van der Waals surface area contributed by atoms with E-state index in [0.29, 0.717) is 24.7 Å². The number of benzene rings is 1. The molecule has 0 aliphatic carbocycles. The van der Waals surface area contributed by atoms with Crippen LogP contribution in [0, 0.1) is 6.92 Å². The van der Waals surface area contributed by atoms with Gasteiger partial charge < -0.3 is 14.2 Å². The highest BCUT2D eigenvalue weighted by molar-refractivity contribution is 5.87. The summed E-state index contributed by atoms with van der Waals surface area (Å²) in [6, 6.07) is 12.3. The zero-order valence-corrected chi connectivity index (χ0v) is 18.6. The number of morpholine rings is 1. The molecule has 1 saturated heterocycles. The van der Waals surface area contributed by atoms with Crippen LogP contribution in [0.25, 0.3) is 28.2 Å². The van der Waals surface area contributed by atoms with E-state index in [1.807, 2.05) is 30.5 Å². The van der Waals surface area contributed by atoms with E-state index in [1.165, 1.54) is 5.56 Å². The Bertz CT molecular complexity index is 1250. The van der Waals surface area contributed by atoms with Gasteiger partial charge in [0.25, 0.3) is 0 Å². The molecule has 1 fully saturated rings. The summed E-state index contributed by atoms with van der Waals surface area (Å²) >= 11 is 0. The molecule has 0 bridgehead atoms. The van der Waals surface area contributed by atoms with Gasteiger partial charge in [0.15, 0.2) is 11.5 Å². The number of alkyl halides is 1. The summed E-state index contributed by atoms with van der Waals surface area (Å²) in [6.07, 6.45) is 3.59. The predicted octanol–water partition coefficient (Wildman–Crippen LogP) is 4.18. The van der Waals surface area contributed by atoms with Gasteiger partial charge >= 0.3 is 0 Å². The van der Waals surface area contributed by atoms with Crippen molar-refractivity contribution in [2.45, 2.75) is 33.0 Å². The molecule has 0 unspecified atom stereocenters. The third kappa shape index (κ3) is 4.10. The van der Waals surface area contributed by atoms with Gasteiger partial charge in [0.1, 0.15) is 11.2 Å². The fraction of sp³-hybridized carbons (Fsp3) is 0.375. The maximum absolute atomic E-state index is 14.5. The SMILES string of the molecule is Cc1cccc(-c2ccn(-c3cc(N4CCOCC4)c4ncn(CC(C)(C)F)c4n3)n2)c1. The van der Waals surface area contributed by atoms with E-state index in [1.54, 1.807) is 29.4 Å². The molecule has 4 aromatic rings. The quantitative estimate of drug-likeness (QED) is 0.472. The molecule has 3 aromatic heterocycles. The van der Waals surface area contributed by atoms with Crippen LogP contribution >= 0.6 is 0 Å². The topological polar surface area (TPSA) is 61.0 Å². The molecule has 1 aliphatic heterocycles. The Balaban J connectivity index is 1.61. The summed E-state index contributed by atoms with van der Waals surface area (Å²) in [6.45, 7) is 8.24. The smallest absolute Gasteiger partial charge is 0.164 e. The lowest BCUT2D eigenvalue weighted by molar-refractivity contribution is 0.123. The number of aryl methyl sites for hydroxylation is 1. The van der Waals surface area contributed by atoms with Gasteiger partial charge in [-0.05, 0) is 32.9 Å². The van der Waals surface area contributed by atoms with Gasteiger partial charge in [-0.15, -0.1) is 0 Å². The van der Waals surface area contributed by atoms with Gasteiger partial charge in [0.05, 0.1) is 37.5 Å². The minimum atomic E-state index is -1.38. The predicted molar refractivity (Wildman–Crippen MR) is 123 cm³/mol. The van der Waals surface area contributed by atoms with Crippen molar-refractivity contribution in [1.29, 1.82) is 0 Å². The number of imidazole rings is 1. The summed E-state index contributed by atoms with van der Waals surface area (Å²) in [5, 5.41) is 4.78. The molecule has 4 heterocycles. The Morgan fingerprint density at radius 3 is 2.69 bits per heavy atom. The van der Waals surface area contributed by atoms with Crippen molar-refractivity contribution < 1.29 is 9.13 Å². The summed E-state index contributed by atoms with van der Waals surface area (Å²) < 4.78 is 23.6. The van der Waals surface area contributed by atoms with E-state index < -0.39 is 5.67 Å². The average molecular weight is 435 g/mol. The Kier molecular flexibility index (Phi) is 5.17. The maximum atomic E-state index is 14.5. The van der Waals surface area contributed by atoms with Crippen molar-refractivity contribution in [3.05, 3.63) is 54.5 Å². The molecule has 1 aromatic carbocycles. The van der Waals surface area contributed by atoms with Gasteiger partial charge in [0, 0.05) is 30.9 Å². The lowest BCUT2D eigenvalue weighted by Gasteiger charge is -2.29. The molecule has 0 radical (unpaired) electrons. The molecule has 0 N–H and O–H groups in total. The summed E-state index contributed by atoms with van der Waals surface area (Å²) in [7, 11) is 0. The zero-order valence-electron chi connectivity index (χ0n) is 18.6. The first kappa shape index (κ1) is 20.6. The Hall–Kier alpha value is -3.26. The molecule has 1 aliphatic rings. The monoisotopic (exact) mass is 434 g/mol. The molecular formula is C24H27FN6O. The Labute approximate surface area is 186 Å². The molecule has 0 atom stereocenters. The fourth-order valence-corrected chi connectivity index (χ4v) is 4.10. The molecule has 7 nitrogen and oxygen atoms in total. The fourth-order valence-electron chi connectivity index (χ4n) is 4.10. The van der Waals surface area contributed by atoms with Crippen LogP contribution in [-0.4, -0.2) is 56.3 Å². The number of nitrogens with zero attached hydrogens (tertiary/aromatic N) is 6. The lowest BCUT2D eigenvalue weighted by Crippen LogP contribution is -2.36. The molecule has 8 heteroatoms. The van der Waals surface area contributed by atoms with Gasteiger partial charge in [0.2, 0.25) is 0 Å². The molecule has 5 rings (SSSR count). The number of fused-ring (bicyclic) bond motifs is 1. The summed E-state index contributed by atoms with van der Waals surface area (Å²) in [5.41, 5.74) is 4.13. The zero-order chi connectivity index (χ0) is 22.3. The second-order valence-corrected chi connectivity index (χ2v) is 8.88. The highest BCUT2D eigenvalue weighted by Gasteiger charge is 2.23. The van der Waals surface area contributed by atoms with Crippen LogP contribution < -0.4 is 4.90 Å². The van der Waals surface area contributed by atoms with Crippen LogP contribution in [0.5, 0.6) is 0 Å². The van der Waals surface area contributed by atoms with Crippen LogP contribution in [0.4, 0.5) is 10.1 Å². The minimum absolute atomic E-state index is 0.177. The number of halogens is 1. The number of anilines is 1.